The lowest BCUT2D eigenvalue weighted by Gasteiger charge is -2.15. The molecule has 0 saturated heterocycles. The standard InChI is InChI=1S/C29H31N3O3/c1-3-5-17-30-19-20-11-14-23(15-12-20)31-27(21-9-7-6-8-10-21)26-24-16-13-22(29(34)35-4-2)18-25(24)32-28(26)33/h6-16,18,30-31H,3-5,17,19H2,1-2H3,(H,32,33)/b27-26-. The average Bonchev–Trinajstić information content (AvgIpc) is 3.21. The summed E-state index contributed by atoms with van der Waals surface area (Å²) in [5.74, 6) is -0.628. The molecule has 0 bridgehead atoms. The molecule has 0 aliphatic carbocycles. The van der Waals surface area contributed by atoms with Crippen LogP contribution in [0, 0.1) is 0 Å². The number of amides is 1. The van der Waals surface area contributed by atoms with Crippen molar-refractivity contribution >= 4 is 34.5 Å². The maximum atomic E-state index is 13.1. The van der Waals surface area contributed by atoms with Crippen LogP contribution in [0.25, 0.3) is 11.3 Å². The molecule has 4 rings (SSSR count). The largest absolute Gasteiger partial charge is 0.462 e. The first-order chi connectivity index (χ1) is 17.1. The van der Waals surface area contributed by atoms with Crippen molar-refractivity contribution in [3.05, 3.63) is 95.1 Å². The maximum Gasteiger partial charge on any atom is 0.338 e. The van der Waals surface area contributed by atoms with Gasteiger partial charge in [0.1, 0.15) is 0 Å². The molecule has 1 aliphatic heterocycles. The Morgan fingerprint density at radius 3 is 2.43 bits per heavy atom. The van der Waals surface area contributed by atoms with E-state index in [-0.39, 0.29) is 5.91 Å². The third-order valence-electron chi connectivity index (χ3n) is 5.85. The highest BCUT2D eigenvalue weighted by molar-refractivity contribution is 6.37. The number of unbranched alkanes of at least 4 members (excludes halogenated alkanes) is 1. The van der Waals surface area contributed by atoms with Gasteiger partial charge >= 0.3 is 5.97 Å². The van der Waals surface area contributed by atoms with E-state index < -0.39 is 5.97 Å². The number of hydrogen-bond acceptors (Lipinski definition) is 5. The van der Waals surface area contributed by atoms with Gasteiger partial charge < -0.3 is 20.7 Å². The number of ether oxygens (including phenoxy) is 1. The fourth-order valence-electron chi connectivity index (χ4n) is 4.03. The molecule has 3 aromatic rings. The van der Waals surface area contributed by atoms with Gasteiger partial charge in [0, 0.05) is 17.8 Å². The summed E-state index contributed by atoms with van der Waals surface area (Å²) in [6.45, 7) is 6.08. The van der Waals surface area contributed by atoms with Gasteiger partial charge in [-0.2, -0.15) is 0 Å². The summed E-state index contributed by atoms with van der Waals surface area (Å²) in [5, 5.41) is 9.84. The van der Waals surface area contributed by atoms with Crippen molar-refractivity contribution in [2.75, 3.05) is 23.8 Å². The summed E-state index contributed by atoms with van der Waals surface area (Å²) in [4.78, 5) is 25.3. The Morgan fingerprint density at radius 1 is 0.943 bits per heavy atom. The molecule has 1 amide bonds. The number of esters is 1. The van der Waals surface area contributed by atoms with Crippen LogP contribution in [0.4, 0.5) is 11.4 Å². The van der Waals surface area contributed by atoms with Crippen LogP contribution in [0.1, 0.15) is 53.7 Å². The zero-order valence-electron chi connectivity index (χ0n) is 20.2. The van der Waals surface area contributed by atoms with Gasteiger partial charge in [0.2, 0.25) is 0 Å². The van der Waals surface area contributed by atoms with Gasteiger partial charge in [0.25, 0.3) is 5.91 Å². The molecule has 3 N–H and O–H groups in total. The molecule has 0 atom stereocenters. The minimum atomic E-state index is -0.410. The van der Waals surface area contributed by atoms with Gasteiger partial charge in [-0.25, -0.2) is 4.79 Å². The topological polar surface area (TPSA) is 79.5 Å². The number of anilines is 2. The molecular weight excluding hydrogens is 438 g/mol. The van der Waals surface area contributed by atoms with E-state index >= 15 is 0 Å². The molecule has 180 valence electrons. The quantitative estimate of drug-likeness (QED) is 0.202. The second kappa shape index (κ2) is 11.5. The molecule has 3 aromatic carbocycles. The predicted octanol–water partition coefficient (Wildman–Crippen LogP) is 5.69. The number of hydrogen-bond donors (Lipinski definition) is 3. The van der Waals surface area contributed by atoms with Crippen LogP contribution in [-0.4, -0.2) is 25.0 Å². The Kier molecular flexibility index (Phi) is 7.95. The molecule has 0 spiro atoms. The first-order valence-corrected chi connectivity index (χ1v) is 12.1. The smallest absolute Gasteiger partial charge is 0.338 e. The highest BCUT2D eigenvalue weighted by Crippen LogP contribution is 2.38. The molecule has 6 heteroatoms. The normalized spacial score (nSPS) is 13.7. The van der Waals surface area contributed by atoms with Gasteiger partial charge in [-0.15, -0.1) is 0 Å². The molecular formula is C29H31N3O3. The molecule has 35 heavy (non-hydrogen) atoms. The number of carbonyl (C=O) groups is 2. The van der Waals surface area contributed by atoms with Crippen molar-refractivity contribution in [1.29, 1.82) is 0 Å². The van der Waals surface area contributed by atoms with E-state index in [9.17, 15) is 9.59 Å². The molecule has 0 saturated carbocycles. The SMILES string of the molecule is CCCCNCc1ccc(N/C(=C2\C(=O)Nc3cc(C(=O)OCC)ccc32)c2ccccc2)cc1. The second-order valence-electron chi connectivity index (χ2n) is 8.40. The highest BCUT2D eigenvalue weighted by atomic mass is 16.5. The van der Waals surface area contributed by atoms with E-state index in [1.54, 1.807) is 25.1 Å². The third kappa shape index (κ3) is 5.78. The maximum absolute atomic E-state index is 13.1. The van der Waals surface area contributed by atoms with Crippen LogP contribution in [0.5, 0.6) is 0 Å². The number of nitrogens with one attached hydrogen (secondary N) is 3. The van der Waals surface area contributed by atoms with E-state index in [4.69, 9.17) is 4.74 Å². The highest BCUT2D eigenvalue weighted by Gasteiger charge is 2.29. The van der Waals surface area contributed by atoms with E-state index in [0.717, 1.165) is 29.9 Å². The van der Waals surface area contributed by atoms with E-state index in [1.807, 2.05) is 42.5 Å². The van der Waals surface area contributed by atoms with Crippen molar-refractivity contribution in [2.45, 2.75) is 33.2 Å². The number of carbonyl (C=O) groups excluding carboxylic acids is 2. The lowest BCUT2D eigenvalue weighted by Crippen LogP contribution is -2.14. The molecule has 0 radical (unpaired) electrons. The monoisotopic (exact) mass is 469 g/mol. The minimum Gasteiger partial charge on any atom is -0.462 e. The molecule has 1 aliphatic rings. The van der Waals surface area contributed by atoms with Crippen molar-refractivity contribution in [2.24, 2.45) is 0 Å². The van der Waals surface area contributed by atoms with Crippen molar-refractivity contribution in [1.82, 2.24) is 5.32 Å². The van der Waals surface area contributed by atoms with Crippen LogP contribution in [0.15, 0.2) is 72.8 Å². The fourth-order valence-corrected chi connectivity index (χ4v) is 4.03. The zero-order chi connectivity index (χ0) is 24.6. The molecule has 0 aromatic heterocycles. The summed E-state index contributed by atoms with van der Waals surface area (Å²) in [7, 11) is 0. The zero-order valence-corrected chi connectivity index (χ0v) is 20.2. The van der Waals surface area contributed by atoms with Crippen molar-refractivity contribution in [3.63, 3.8) is 0 Å². The van der Waals surface area contributed by atoms with Gasteiger partial charge in [-0.05, 0) is 55.3 Å². The van der Waals surface area contributed by atoms with Crippen LogP contribution >= 0.6 is 0 Å². The number of rotatable bonds is 10. The summed E-state index contributed by atoms with van der Waals surface area (Å²) in [6, 6.07) is 23.2. The first-order valence-electron chi connectivity index (χ1n) is 12.1. The second-order valence-corrected chi connectivity index (χ2v) is 8.40. The summed E-state index contributed by atoms with van der Waals surface area (Å²) >= 11 is 0. The Morgan fingerprint density at radius 2 is 1.71 bits per heavy atom. The minimum absolute atomic E-state index is 0.218. The Bertz CT molecular complexity index is 1220. The van der Waals surface area contributed by atoms with E-state index in [1.165, 1.54) is 18.4 Å². The van der Waals surface area contributed by atoms with Crippen LogP contribution in [-0.2, 0) is 16.1 Å². The van der Waals surface area contributed by atoms with Crippen LogP contribution in [0.3, 0.4) is 0 Å². The summed E-state index contributed by atoms with van der Waals surface area (Å²) in [5.41, 5.74) is 5.97. The molecule has 0 fully saturated rings. The van der Waals surface area contributed by atoms with Gasteiger partial charge in [0.15, 0.2) is 0 Å². The average molecular weight is 470 g/mol. The molecule has 0 unspecified atom stereocenters. The fraction of sp³-hybridized carbons (Fsp3) is 0.241. The Balaban J connectivity index is 1.66. The lowest BCUT2D eigenvalue weighted by atomic mass is 9.99. The predicted molar refractivity (Wildman–Crippen MR) is 141 cm³/mol. The van der Waals surface area contributed by atoms with E-state index in [0.29, 0.717) is 29.1 Å². The van der Waals surface area contributed by atoms with Crippen molar-refractivity contribution < 1.29 is 14.3 Å². The lowest BCUT2D eigenvalue weighted by molar-refractivity contribution is -0.110. The third-order valence-corrected chi connectivity index (χ3v) is 5.85. The van der Waals surface area contributed by atoms with Gasteiger partial charge in [0.05, 0.1) is 29.1 Å². The van der Waals surface area contributed by atoms with Crippen molar-refractivity contribution in [3.8, 4) is 0 Å². The van der Waals surface area contributed by atoms with Crippen LogP contribution in [0.2, 0.25) is 0 Å². The Hall–Kier alpha value is -3.90. The number of benzene rings is 3. The Labute approximate surface area is 206 Å². The molecule has 6 nitrogen and oxygen atoms in total. The van der Waals surface area contributed by atoms with Crippen LogP contribution < -0.4 is 16.0 Å². The van der Waals surface area contributed by atoms with E-state index in [2.05, 4.69) is 35.0 Å². The van der Waals surface area contributed by atoms with Gasteiger partial charge in [-0.1, -0.05) is 61.9 Å². The summed E-state index contributed by atoms with van der Waals surface area (Å²) < 4.78 is 5.10. The molecule has 1 heterocycles. The summed E-state index contributed by atoms with van der Waals surface area (Å²) in [6.07, 6.45) is 2.34. The number of fused-ring (bicyclic) bond motifs is 1. The first kappa shape index (κ1) is 24.2. The van der Waals surface area contributed by atoms with Gasteiger partial charge in [-0.3, -0.25) is 4.79 Å².